The number of nitrogens with zero attached hydrogens (tertiary/aromatic N) is 1. The summed E-state index contributed by atoms with van der Waals surface area (Å²) in [6.45, 7) is 7.02. The Balaban J connectivity index is 2.04. The summed E-state index contributed by atoms with van der Waals surface area (Å²) >= 11 is 6.75. The van der Waals surface area contributed by atoms with Crippen LogP contribution in [0.1, 0.15) is 45.6 Å². The van der Waals surface area contributed by atoms with Gasteiger partial charge in [-0.05, 0) is 47.1 Å². The summed E-state index contributed by atoms with van der Waals surface area (Å²) < 4.78 is 0. The van der Waals surface area contributed by atoms with Gasteiger partial charge in [-0.1, -0.05) is 45.4 Å². The van der Waals surface area contributed by atoms with Gasteiger partial charge in [-0.3, -0.25) is 4.98 Å². The zero-order valence-electron chi connectivity index (χ0n) is 13.1. The fraction of sp³-hybridized carbons (Fsp3) is 0.526. The van der Waals surface area contributed by atoms with Gasteiger partial charge in [-0.2, -0.15) is 0 Å². The van der Waals surface area contributed by atoms with E-state index < -0.39 is 0 Å². The van der Waals surface area contributed by atoms with Crippen LogP contribution in [0.2, 0.25) is 0 Å². The van der Waals surface area contributed by atoms with Crippen LogP contribution in [-0.4, -0.2) is 10.4 Å². The second-order valence-corrected chi connectivity index (χ2v) is 7.73. The molecule has 3 atom stereocenters. The van der Waals surface area contributed by atoms with Crippen molar-refractivity contribution < 1.29 is 0 Å². The maximum Gasteiger partial charge on any atom is 0.0375 e. The fourth-order valence-electron chi connectivity index (χ4n) is 4.00. The maximum absolute atomic E-state index is 6.75. The molecule has 1 aliphatic carbocycles. The van der Waals surface area contributed by atoms with E-state index in [1.54, 1.807) is 0 Å². The van der Waals surface area contributed by atoms with E-state index in [9.17, 15) is 0 Å². The number of hydrogen-bond donors (Lipinski definition) is 0. The van der Waals surface area contributed by atoms with E-state index in [0.29, 0.717) is 5.92 Å². The van der Waals surface area contributed by atoms with Gasteiger partial charge in [0, 0.05) is 23.2 Å². The van der Waals surface area contributed by atoms with Gasteiger partial charge in [0.15, 0.2) is 0 Å². The molecule has 0 spiro atoms. The van der Waals surface area contributed by atoms with Crippen molar-refractivity contribution in [2.75, 3.05) is 0 Å². The SMILES string of the molecule is CC1CCC(C(C)(C)c2cccc3ccncc23)C(Cl)C1. The molecular weight excluding hydrogens is 278 g/mol. The Morgan fingerprint density at radius 1 is 1.19 bits per heavy atom. The summed E-state index contributed by atoms with van der Waals surface area (Å²) in [7, 11) is 0. The summed E-state index contributed by atoms with van der Waals surface area (Å²) in [5.41, 5.74) is 1.47. The highest BCUT2D eigenvalue weighted by atomic mass is 35.5. The first-order chi connectivity index (χ1) is 10.00. The summed E-state index contributed by atoms with van der Waals surface area (Å²) in [5.74, 6) is 1.29. The summed E-state index contributed by atoms with van der Waals surface area (Å²) in [4.78, 5) is 4.33. The highest BCUT2D eigenvalue weighted by Gasteiger charge is 2.39. The van der Waals surface area contributed by atoms with Crippen LogP contribution >= 0.6 is 11.6 Å². The molecule has 0 saturated heterocycles. The van der Waals surface area contributed by atoms with Crippen molar-refractivity contribution in [2.45, 2.75) is 50.8 Å². The van der Waals surface area contributed by atoms with E-state index in [-0.39, 0.29) is 10.8 Å². The smallest absolute Gasteiger partial charge is 0.0375 e. The molecule has 0 amide bonds. The number of alkyl halides is 1. The van der Waals surface area contributed by atoms with Crippen molar-refractivity contribution in [2.24, 2.45) is 11.8 Å². The third-order valence-corrected chi connectivity index (χ3v) is 5.82. The summed E-state index contributed by atoms with van der Waals surface area (Å²) in [6.07, 6.45) is 7.52. The molecule has 1 aromatic heterocycles. The molecule has 21 heavy (non-hydrogen) atoms. The number of benzene rings is 1. The van der Waals surface area contributed by atoms with Crippen molar-refractivity contribution in [3.63, 3.8) is 0 Å². The van der Waals surface area contributed by atoms with Gasteiger partial charge in [-0.15, -0.1) is 11.6 Å². The molecule has 0 bridgehead atoms. The molecule has 0 N–H and O–H groups in total. The molecule has 2 aromatic rings. The second kappa shape index (κ2) is 5.61. The first-order valence-electron chi connectivity index (χ1n) is 7.97. The maximum atomic E-state index is 6.75. The molecule has 1 fully saturated rings. The van der Waals surface area contributed by atoms with Crippen LogP contribution in [0.25, 0.3) is 10.8 Å². The summed E-state index contributed by atoms with van der Waals surface area (Å²) in [5, 5.41) is 2.81. The molecule has 2 heteroatoms. The average Bonchev–Trinajstić information content (AvgIpc) is 2.46. The minimum absolute atomic E-state index is 0.0785. The van der Waals surface area contributed by atoms with E-state index in [0.717, 1.165) is 12.3 Å². The zero-order valence-corrected chi connectivity index (χ0v) is 13.9. The topological polar surface area (TPSA) is 12.9 Å². The lowest BCUT2D eigenvalue weighted by Crippen LogP contribution is -2.39. The third-order valence-electron chi connectivity index (χ3n) is 5.34. The van der Waals surface area contributed by atoms with Crippen LogP contribution in [0.15, 0.2) is 36.7 Å². The van der Waals surface area contributed by atoms with Crippen molar-refractivity contribution in [3.05, 3.63) is 42.2 Å². The Morgan fingerprint density at radius 2 is 2.00 bits per heavy atom. The predicted octanol–water partition coefficient (Wildman–Crippen LogP) is 5.56. The van der Waals surface area contributed by atoms with Crippen molar-refractivity contribution in [1.82, 2.24) is 4.98 Å². The molecule has 3 rings (SSSR count). The Kier molecular flexibility index (Phi) is 3.96. The van der Waals surface area contributed by atoms with Gasteiger partial charge in [0.2, 0.25) is 0 Å². The molecule has 1 aromatic carbocycles. The van der Waals surface area contributed by atoms with E-state index in [1.165, 1.54) is 29.2 Å². The van der Waals surface area contributed by atoms with E-state index in [1.807, 2.05) is 12.4 Å². The number of fused-ring (bicyclic) bond motifs is 1. The van der Waals surface area contributed by atoms with Crippen molar-refractivity contribution >= 4 is 22.4 Å². The largest absolute Gasteiger partial charge is 0.264 e. The monoisotopic (exact) mass is 301 g/mol. The molecule has 1 heterocycles. The van der Waals surface area contributed by atoms with Gasteiger partial charge in [0.25, 0.3) is 0 Å². The number of halogens is 1. The van der Waals surface area contributed by atoms with Crippen LogP contribution in [0.5, 0.6) is 0 Å². The average molecular weight is 302 g/mol. The Hall–Kier alpha value is -1.08. The molecule has 1 nitrogen and oxygen atoms in total. The number of pyridine rings is 1. The van der Waals surface area contributed by atoms with Gasteiger partial charge < -0.3 is 0 Å². The van der Waals surface area contributed by atoms with Crippen LogP contribution in [0.3, 0.4) is 0 Å². The molecule has 1 saturated carbocycles. The van der Waals surface area contributed by atoms with E-state index in [4.69, 9.17) is 11.6 Å². The lowest BCUT2D eigenvalue weighted by Gasteiger charge is -2.42. The molecule has 0 aliphatic heterocycles. The lowest BCUT2D eigenvalue weighted by molar-refractivity contribution is 0.208. The first kappa shape index (κ1) is 14.8. The number of hydrogen-bond acceptors (Lipinski definition) is 1. The predicted molar refractivity (Wildman–Crippen MR) is 90.9 cm³/mol. The molecule has 0 radical (unpaired) electrons. The minimum Gasteiger partial charge on any atom is -0.264 e. The van der Waals surface area contributed by atoms with Crippen molar-refractivity contribution in [3.8, 4) is 0 Å². The zero-order chi connectivity index (χ0) is 15.0. The standard InChI is InChI=1S/C19H24ClN/c1-13-7-8-17(18(20)11-13)19(2,3)16-6-4-5-14-9-10-21-12-15(14)16/h4-6,9-10,12-13,17-18H,7-8,11H2,1-3H3. The first-order valence-corrected chi connectivity index (χ1v) is 8.41. The molecule has 112 valence electrons. The molecular formula is C19H24ClN. The van der Waals surface area contributed by atoms with Gasteiger partial charge >= 0.3 is 0 Å². The highest BCUT2D eigenvalue weighted by molar-refractivity contribution is 6.21. The normalized spacial score (nSPS) is 27.0. The van der Waals surface area contributed by atoms with Crippen LogP contribution in [0, 0.1) is 11.8 Å². The lowest BCUT2D eigenvalue weighted by atomic mass is 9.65. The molecule has 1 aliphatic rings. The van der Waals surface area contributed by atoms with Crippen LogP contribution in [0.4, 0.5) is 0 Å². The Morgan fingerprint density at radius 3 is 2.76 bits per heavy atom. The highest BCUT2D eigenvalue weighted by Crippen LogP contribution is 2.45. The van der Waals surface area contributed by atoms with E-state index >= 15 is 0 Å². The second-order valence-electron chi connectivity index (χ2n) is 7.16. The Labute approximate surface area is 132 Å². The van der Waals surface area contributed by atoms with Gasteiger partial charge in [-0.25, -0.2) is 0 Å². The van der Waals surface area contributed by atoms with Crippen LogP contribution < -0.4 is 0 Å². The number of aromatic nitrogens is 1. The van der Waals surface area contributed by atoms with Crippen molar-refractivity contribution in [1.29, 1.82) is 0 Å². The van der Waals surface area contributed by atoms with Gasteiger partial charge in [0.1, 0.15) is 0 Å². The quantitative estimate of drug-likeness (QED) is 0.662. The number of rotatable bonds is 2. The Bertz CT molecular complexity index is 629. The summed E-state index contributed by atoms with van der Waals surface area (Å²) in [6, 6.07) is 8.67. The minimum atomic E-state index is 0.0785. The van der Waals surface area contributed by atoms with Gasteiger partial charge in [0.05, 0.1) is 0 Å². The molecule has 3 unspecified atom stereocenters. The third kappa shape index (κ3) is 2.68. The van der Waals surface area contributed by atoms with E-state index in [2.05, 4.69) is 50.0 Å². The fourth-order valence-corrected chi connectivity index (χ4v) is 4.74. The van der Waals surface area contributed by atoms with Crippen LogP contribution in [-0.2, 0) is 5.41 Å².